The Morgan fingerprint density at radius 1 is 1.06 bits per heavy atom. The van der Waals surface area contributed by atoms with Crippen LogP contribution in [0.5, 0.6) is 0 Å². The van der Waals surface area contributed by atoms with Crippen molar-refractivity contribution in [2.45, 2.75) is 40.0 Å². The number of fused-ring (bicyclic) bond motifs is 1. The molecule has 3 heterocycles. The maximum absolute atomic E-state index is 12.5. The fourth-order valence-corrected chi connectivity index (χ4v) is 4.10. The average Bonchev–Trinajstić information content (AvgIpc) is 3.02. The summed E-state index contributed by atoms with van der Waals surface area (Å²) in [6.07, 6.45) is 2.74. The highest BCUT2D eigenvalue weighted by atomic mass is 35.5. The quantitative estimate of drug-likeness (QED) is 0.605. The maximum atomic E-state index is 12.5. The number of hydrogen-bond acceptors (Lipinski definition) is 5. The lowest BCUT2D eigenvalue weighted by Gasteiger charge is -2.25. The van der Waals surface area contributed by atoms with E-state index in [2.05, 4.69) is 23.8 Å². The number of aromatic nitrogens is 4. The minimum absolute atomic E-state index is 0.0146. The molecule has 0 N–H and O–H groups in total. The normalized spacial score (nSPS) is 15.2. The third-order valence-corrected chi connectivity index (χ3v) is 5.83. The van der Waals surface area contributed by atoms with E-state index >= 15 is 0 Å². The lowest BCUT2D eigenvalue weighted by molar-refractivity contribution is -0.134. The molecule has 0 saturated carbocycles. The molecule has 0 radical (unpaired) electrons. The van der Waals surface area contributed by atoms with Crippen LogP contribution in [0.3, 0.4) is 0 Å². The smallest absolute Gasteiger partial charge is 0.225 e. The van der Waals surface area contributed by atoms with Crippen molar-refractivity contribution in [3.05, 3.63) is 41.3 Å². The zero-order chi connectivity index (χ0) is 22.1. The molecule has 31 heavy (non-hydrogen) atoms. The number of amides is 1. The number of nitrogens with zero attached hydrogens (tertiary/aromatic N) is 6. The van der Waals surface area contributed by atoms with Gasteiger partial charge in [-0.15, -0.1) is 0 Å². The van der Waals surface area contributed by atoms with Crippen molar-refractivity contribution < 1.29 is 4.79 Å². The maximum Gasteiger partial charge on any atom is 0.225 e. The van der Waals surface area contributed by atoms with E-state index in [0.717, 1.165) is 54.4 Å². The largest absolute Gasteiger partial charge is 0.354 e. The van der Waals surface area contributed by atoms with Gasteiger partial charge in [-0.05, 0) is 24.6 Å². The van der Waals surface area contributed by atoms with Gasteiger partial charge in [0, 0.05) is 43.0 Å². The molecule has 8 heteroatoms. The van der Waals surface area contributed by atoms with Gasteiger partial charge in [0.25, 0.3) is 0 Å². The van der Waals surface area contributed by atoms with Gasteiger partial charge in [-0.1, -0.05) is 45.4 Å². The number of halogens is 1. The molecule has 4 rings (SSSR count). The fraction of sp³-hybridized carbons (Fsp3) is 0.478. The summed E-state index contributed by atoms with van der Waals surface area (Å²) >= 11 is 6.21. The van der Waals surface area contributed by atoms with Crippen molar-refractivity contribution in [3.8, 4) is 5.69 Å². The van der Waals surface area contributed by atoms with Crippen LogP contribution in [0, 0.1) is 5.92 Å². The van der Waals surface area contributed by atoms with Crippen LogP contribution in [0.15, 0.2) is 30.5 Å². The van der Waals surface area contributed by atoms with Gasteiger partial charge in [0.1, 0.15) is 11.6 Å². The van der Waals surface area contributed by atoms with Crippen molar-refractivity contribution in [2.75, 3.05) is 31.1 Å². The molecule has 0 atom stereocenters. The van der Waals surface area contributed by atoms with E-state index < -0.39 is 0 Å². The lowest BCUT2D eigenvalue weighted by atomic mass is 10.2. The highest BCUT2D eigenvalue weighted by molar-refractivity contribution is 6.30. The number of carbonyl (C=O) groups excluding carboxylic acids is 1. The third kappa shape index (κ3) is 4.37. The first-order chi connectivity index (χ1) is 14.8. The summed E-state index contributed by atoms with van der Waals surface area (Å²) in [6.45, 7) is 11.2. The van der Waals surface area contributed by atoms with Gasteiger partial charge in [0.05, 0.1) is 17.3 Å². The second-order valence-electron chi connectivity index (χ2n) is 8.65. The summed E-state index contributed by atoms with van der Waals surface area (Å²) in [7, 11) is 0. The zero-order valence-corrected chi connectivity index (χ0v) is 19.3. The number of hydrogen-bond donors (Lipinski definition) is 0. The molecule has 0 aliphatic carbocycles. The topological polar surface area (TPSA) is 67.2 Å². The number of anilines is 1. The molecule has 1 fully saturated rings. The van der Waals surface area contributed by atoms with E-state index in [1.165, 1.54) is 0 Å². The first-order valence-corrected chi connectivity index (χ1v) is 11.3. The van der Waals surface area contributed by atoms with Gasteiger partial charge in [-0.2, -0.15) is 5.10 Å². The first-order valence-electron chi connectivity index (χ1n) is 10.9. The number of benzene rings is 1. The average molecular weight is 441 g/mol. The standard InChI is InChI=1S/C23H29ClN6O/c1-15(2)20-26-21(28-9-6-10-29(12-11-28)23(31)16(3)4)19-14-25-30(22(19)27-20)18-8-5-7-17(24)13-18/h5,7-8,13-16H,6,9-12H2,1-4H3. The third-order valence-electron chi connectivity index (χ3n) is 5.60. The molecule has 0 bridgehead atoms. The fourth-order valence-electron chi connectivity index (χ4n) is 3.92. The van der Waals surface area contributed by atoms with E-state index in [4.69, 9.17) is 21.6 Å². The Morgan fingerprint density at radius 2 is 1.87 bits per heavy atom. The minimum Gasteiger partial charge on any atom is -0.354 e. The SMILES string of the molecule is CC(C)C(=O)N1CCCN(c2nc(C(C)C)nc3c2cnn3-c2cccc(Cl)c2)CC1. The molecule has 7 nitrogen and oxygen atoms in total. The Bertz CT molecular complexity index is 1090. The van der Waals surface area contributed by atoms with Crippen LogP contribution < -0.4 is 4.90 Å². The van der Waals surface area contributed by atoms with Gasteiger partial charge in [0.2, 0.25) is 5.91 Å². The number of carbonyl (C=O) groups is 1. The molecule has 2 aromatic heterocycles. The second kappa shape index (κ2) is 8.83. The summed E-state index contributed by atoms with van der Waals surface area (Å²) in [4.78, 5) is 26.5. The monoisotopic (exact) mass is 440 g/mol. The number of rotatable bonds is 4. The molecule has 3 aromatic rings. The Balaban J connectivity index is 1.75. The van der Waals surface area contributed by atoms with Crippen molar-refractivity contribution in [1.29, 1.82) is 0 Å². The Labute approximate surface area is 188 Å². The molecular weight excluding hydrogens is 412 g/mol. The highest BCUT2D eigenvalue weighted by Gasteiger charge is 2.25. The van der Waals surface area contributed by atoms with Crippen LogP contribution in [-0.2, 0) is 4.79 Å². The van der Waals surface area contributed by atoms with Gasteiger partial charge < -0.3 is 9.80 Å². The van der Waals surface area contributed by atoms with Gasteiger partial charge in [0.15, 0.2) is 5.65 Å². The van der Waals surface area contributed by atoms with E-state index in [1.54, 1.807) is 0 Å². The lowest BCUT2D eigenvalue weighted by Crippen LogP contribution is -2.37. The van der Waals surface area contributed by atoms with Crippen molar-refractivity contribution >= 4 is 34.4 Å². The van der Waals surface area contributed by atoms with E-state index in [1.807, 2.05) is 53.9 Å². The predicted octanol–water partition coefficient (Wildman–Crippen LogP) is 4.29. The van der Waals surface area contributed by atoms with Crippen LogP contribution in [0.4, 0.5) is 5.82 Å². The van der Waals surface area contributed by atoms with Crippen LogP contribution in [0.25, 0.3) is 16.7 Å². The molecule has 164 valence electrons. The minimum atomic E-state index is 0.0146. The summed E-state index contributed by atoms with van der Waals surface area (Å²) in [6, 6.07) is 7.60. The zero-order valence-electron chi connectivity index (χ0n) is 18.5. The molecule has 1 aliphatic heterocycles. The van der Waals surface area contributed by atoms with Crippen molar-refractivity contribution in [3.63, 3.8) is 0 Å². The highest BCUT2D eigenvalue weighted by Crippen LogP contribution is 2.29. The summed E-state index contributed by atoms with van der Waals surface area (Å²) in [5.41, 5.74) is 1.64. The van der Waals surface area contributed by atoms with Crippen LogP contribution in [0.1, 0.15) is 45.9 Å². The summed E-state index contributed by atoms with van der Waals surface area (Å²) < 4.78 is 1.82. The second-order valence-corrected chi connectivity index (χ2v) is 9.09. The Kier molecular flexibility index (Phi) is 6.14. The summed E-state index contributed by atoms with van der Waals surface area (Å²) in [5.74, 6) is 2.08. The Morgan fingerprint density at radius 3 is 2.58 bits per heavy atom. The summed E-state index contributed by atoms with van der Waals surface area (Å²) in [5, 5.41) is 6.18. The molecule has 0 spiro atoms. The Hall–Kier alpha value is -2.67. The van der Waals surface area contributed by atoms with Gasteiger partial charge in [-0.3, -0.25) is 4.79 Å². The molecular formula is C23H29ClN6O. The van der Waals surface area contributed by atoms with E-state index in [0.29, 0.717) is 11.6 Å². The van der Waals surface area contributed by atoms with Crippen LogP contribution in [0.2, 0.25) is 5.02 Å². The molecule has 1 amide bonds. The van der Waals surface area contributed by atoms with Gasteiger partial charge in [-0.25, -0.2) is 14.6 Å². The predicted molar refractivity (Wildman–Crippen MR) is 124 cm³/mol. The van der Waals surface area contributed by atoms with Crippen molar-refractivity contribution in [2.24, 2.45) is 5.92 Å². The molecule has 1 aromatic carbocycles. The van der Waals surface area contributed by atoms with Crippen LogP contribution in [-0.4, -0.2) is 56.7 Å². The molecule has 1 saturated heterocycles. The van der Waals surface area contributed by atoms with E-state index in [-0.39, 0.29) is 17.7 Å². The van der Waals surface area contributed by atoms with Gasteiger partial charge >= 0.3 is 0 Å². The van der Waals surface area contributed by atoms with Crippen molar-refractivity contribution in [1.82, 2.24) is 24.6 Å². The van der Waals surface area contributed by atoms with Crippen LogP contribution >= 0.6 is 11.6 Å². The molecule has 0 unspecified atom stereocenters. The van der Waals surface area contributed by atoms with E-state index in [9.17, 15) is 4.79 Å². The molecule has 1 aliphatic rings. The first kappa shape index (κ1) is 21.6.